The van der Waals surface area contributed by atoms with E-state index in [0.29, 0.717) is 5.69 Å². The summed E-state index contributed by atoms with van der Waals surface area (Å²) in [5.41, 5.74) is 0.456. The molecule has 0 aromatic heterocycles. The fourth-order valence-corrected chi connectivity index (χ4v) is 1.24. The lowest BCUT2D eigenvalue weighted by Gasteiger charge is -2.19. The van der Waals surface area contributed by atoms with Crippen LogP contribution in [0.25, 0.3) is 0 Å². The molecule has 0 unspecified atom stereocenters. The molecule has 1 aromatic carbocycles. The minimum absolute atomic E-state index is 0.0358. The molecule has 1 amide bonds. The average Bonchev–Trinajstić information content (AvgIpc) is 2.25. The van der Waals surface area contributed by atoms with Crippen LogP contribution < -0.4 is 4.90 Å². The van der Waals surface area contributed by atoms with Gasteiger partial charge in [-0.2, -0.15) is 0 Å². The van der Waals surface area contributed by atoms with E-state index in [9.17, 15) is 14.7 Å². The Morgan fingerprint density at radius 1 is 1.44 bits per heavy atom. The van der Waals surface area contributed by atoms with Gasteiger partial charge >= 0.3 is 5.97 Å². The van der Waals surface area contributed by atoms with Crippen molar-refractivity contribution in [3.63, 3.8) is 0 Å². The molecule has 5 heteroatoms. The van der Waals surface area contributed by atoms with E-state index < -0.39 is 5.97 Å². The van der Waals surface area contributed by atoms with Gasteiger partial charge in [-0.15, -0.1) is 0 Å². The van der Waals surface area contributed by atoms with E-state index in [0.717, 1.165) is 0 Å². The van der Waals surface area contributed by atoms with Crippen molar-refractivity contribution >= 4 is 17.6 Å². The van der Waals surface area contributed by atoms with Crippen molar-refractivity contribution in [1.82, 2.24) is 0 Å². The summed E-state index contributed by atoms with van der Waals surface area (Å²) >= 11 is 0. The van der Waals surface area contributed by atoms with Crippen LogP contribution in [0.5, 0.6) is 5.75 Å². The molecule has 86 valence electrons. The second-order valence-corrected chi connectivity index (χ2v) is 3.20. The van der Waals surface area contributed by atoms with Crippen LogP contribution in [0.3, 0.4) is 0 Å². The van der Waals surface area contributed by atoms with Gasteiger partial charge in [0.25, 0.3) is 0 Å². The quantitative estimate of drug-likeness (QED) is 0.774. The molecule has 16 heavy (non-hydrogen) atoms. The van der Waals surface area contributed by atoms with Crippen molar-refractivity contribution in [1.29, 1.82) is 0 Å². The van der Waals surface area contributed by atoms with E-state index in [1.54, 1.807) is 12.1 Å². The predicted octanol–water partition coefficient (Wildman–Crippen LogP) is 0.918. The minimum atomic E-state index is -0.515. The Hall–Kier alpha value is -2.04. The molecule has 1 N–H and O–H groups in total. The SMILES string of the molecule is COC(=O)CN(C(C)=O)c1cccc(O)c1. The maximum absolute atomic E-state index is 11.3. The predicted molar refractivity (Wildman–Crippen MR) is 58.1 cm³/mol. The zero-order valence-corrected chi connectivity index (χ0v) is 9.14. The number of anilines is 1. The fourth-order valence-electron chi connectivity index (χ4n) is 1.24. The summed E-state index contributed by atoms with van der Waals surface area (Å²) in [7, 11) is 1.25. The Bertz CT molecular complexity index is 403. The minimum Gasteiger partial charge on any atom is -0.508 e. The van der Waals surface area contributed by atoms with Gasteiger partial charge in [-0.1, -0.05) is 6.07 Å². The first-order chi connectivity index (χ1) is 7.54. The van der Waals surface area contributed by atoms with Crippen LogP contribution in [0, 0.1) is 0 Å². The summed E-state index contributed by atoms with van der Waals surface area (Å²) in [6.07, 6.45) is 0. The van der Waals surface area contributed by atoms with Crippen LogP contribution >= 0.6 is 0 Å². The number of hydrogen-bond donors (Lipinski definition) is 1. The summed E-state index contributed by atoms with van der Waals surface area (Å²) in [5.74, 6) is -0.775. The number of carbonyl (C=O) groups excluding carboxylic acids is 2. The van der Waals surface area contributed by atoms with Crippen LogP contribution in [-0.2, 0) is 14.3 Å². The molecular weight excluding hydrogens is 210 g/mol. The van der Waals surface area contributed by atoms with E-state index >= 15 is 0 Å². The summed E-state index contributed by atoms with van der Waals surface area (Å²) < 4.78 is 4.49. The van der Waals surface area contributed by atoms with Gasteiger partial charge in [-0.3, -0.25) is 9.59 Å². The highest BCUT2D eigenvalue weighted by Crippen LogP contribution is 2.20. The Balaban J connectivity index is 2.94. The number of aromatic hydroxyl groups is 1. The molecule has 5 nitrogen and oxygen atoms in total. The summed E-state index contributed by atoms with van der Waals surface area (Å²) in [4.78, 5) is 23.7. The van der Waals surface area contributed by atoms with Crippen molar-refractivity contribution in [3.05, 3.63) is 24.3 Å². The molecule has 0 saturated carbocycles. The molecule has 0 saturated heterocycles. The number of benzene rings is 1. The van der Waals surface area contributed by atoms with Gasteiger partial charge in [-0.25, -0.2) is 0 Å². The summed E-state index contributed by atoms with van der Waals surface area (Å²) in [6.45, 7) is 1.17. The summed E-state index contributed by atoms with van der Waals surface area (Å²) in [5, 5.41) is 9.28. The van der Waals surface area contributed by atoms with Crippen LogP contribution in [0.15, 0.2) is 24.3 Å². The Morgan fingerprint density at radius 2 is 2.12 bits per heavy atom. The van der Waals surface area contributed by atoms with Crippen LogP contribution in [0.4, 0.5) is 5.69 Å². The lowest BCUT2D eigenvalue weighted by atomic mass is 10.2. The van der Waals surface area contributed by atoms with Crippen LogP contribution in [0.2, 0.25) is 0 Å². The molecule has 0 radical (unpaired) electrons. The third-order valence-electron chi connectivity index (χ3n) is 2.04. The Kier molecular flexibility index (Phi) is 3.88. The van der Waals surface area contributed by atoms with Gasteiger partial charge in [0, 0.05) is 18.7 Å². The van der Waals surface area contributed by atoms with Crippen LogP contribution in [0.1, 0.15) is 6.92 Å². The number of nitrogens with zero attached hydrogens (tertiary/aromatic N) is 1. The fraction of sp³-hybridized carbons (Fsp3) is 0.273. The normalized spacial score (nSPS) is 9.62. The number of ether oxygens (including phenoxy) is 1. The second-order valence-electron chi connectivity index (χ2n) is 3.20. The van der Waals surface area contributed by atoms with Crippen LogP contribution in [-0.4, -0.2) is 30.6 Å². The first kappa shape index (κ1) is 12.0. The number of esters is 1. The number of phenols is 1. The molecule has 0 bridgehead atoms. The van der Waals surface area contributed by atoms with Gasteiger partial charge in [0.1, 0.15) is 12.3 Å². The van der Waals surface area contributed by atoms with Gasteiger partial charge in [-0.05, 0) is 12.1 Å². The second kappa shape index (κ2) is 5.16. The molecule has 0 fully saturated rings. The maximum atomic E-state index is 11.3. The Labute approximate surface area is 93.2 Å². The van der Waals surface area contributed by atoms with E-state index in [1.807, 2.05) is 0 Å². The third kappa shape index (κ3) is 2.98. The monoisotopic (exact) mass is 223 g/mol. The van der Waals surface area contributed by atoms with Crippen molar-refractivity contribution in [3.8, 4) is 5.75 Å². The highest BCUT2D eigenvalue weighted by atomic mass is 16.5. The van der Waals surface area contributed by atoms with Gasteiger partial charge in [0.2, 0.25) is 5.91 Å². The largest absolute Gasteiger partial charge is 0.508 e. The topological polar surface area (TPSA) is 66.8 Å². The highest BCUT2D eigenvalue weighted by molar-refractivity contribution is 5.96. The molecule has 0 atom stereocenters. The molecule has 0 aliphatic carbocycles. The Morgan fingerprint density at radius 3 is 2.62 bits per heavy atom. The number of hydrogen-bond acceptors (Lipinski definition) is 4. The first-order valence-corrected chi connectivity index (χ1v) is 4.68. The van der Waals surface area contributed by atoms with Crippen molar-refractivity contribution < 1.29 is 19.4 Å². The standard InChI is InChI=1S/C11H13NO4/c1-8(13)12(7-11(15)16-2)9-4-3-5-10(14)6-9/h3-6,14H,7H2,1-2H3. The van der Waals surface area contributed by atoms with E-state index in [2.05, 4.69) is 4.74 Å². The number of rotatable bonds is 3. The van der Waals surface area contributed by atoms with Gasteiger partial charge in [0.15, 0.2) is 0 Å². The number of amides is 1. The van der Waals surface area contributed by atoms with E-state index in [1.165, 1.54) is 31.1 Å². The molecule has 1 rings (SSSR count). The zero-order chi connectivity index (χ0) is 12.1. The average molecular weight is 223 g/mol. The zero-order valence-electron chi connectivity index (χ0n) is 9.14. The number of phenolic OH excluding ortho intramolecular Hbond substituents is 1. The molecule has 0 aliphatic rings. The smallest absolute Gasteiger partial charge is 0.325 e. The molecule has 0 heterocycles. The third-order valence-corrected chi connectivity index (χ3v) is 2.04. The van der Waals surface area contributed by atoms with Gasteiger partial charge in [0.05, 0.1) is 7.11 Å². The number of carbonyl (C=O) groups is 2. The number of methoxy groups -OCH3 is 1. The van der Waals surface area contributed by atoms with Crippen molar-refractivity contribution in [2.45, 2.75) is 6.92 Å². The molecule has 1 aromatic rings. The van der Waals surface area contributed by atoms with Crippen molar-refractivity contribution in [2.24, 2.45) is 0 Å². The van der Waals surface area contributed by atoms with Gasteiger partial charge < -0.3 is 14.7 Å². The van der Waals surface area contributed by atoms with E-state index in [-0.39, 0.29) is 18.2 Å². The summed E-state index contributed by atoms with van der Waals surface area (Å²) in [6, 6.07) is 6.12. The molecule has 0 aliphatic heterocycles. The maximum Gasteiger partial charge on any atom is 0.325 e. The molecule has 0 spiro atoms. The van der Waals surface area contributed by atoms with E-state index in [4.69, 9.17) is 0 Å². The first-order valence-electron chi connectivity index (χ1n) is 4.68. The highest BCUT2D eigenvalue weighted by Gasteiger charge is 2.16. The lowest BCUT2D eigenvalue weighted by molar-refractivity contribution is -0.139. The van der Waals surface area contributed by atoms with Crippen molar-refractivity contribution in [2.75, 3.05) is 18.6 Å². The molecular formula is C11H13NO4. The lowest BCUT2D eigenvalue weighted by Crippen LogP contribution is -2.34.